The van der Waals surface area contributed by atoms with Gasteiger partial charge in [-0.1, -0.05) is 35.4 Å². The first-order valence-electron chi connectivity index (χ1n) is 8.06. The highest BCUT2D eigenvalue weighted by Crippen LogP contribution is 2.22. The number of aromatic nitrogens is 1. The molecule has 0 unspecified atom stereocenters. The minimum atomic E-state index is -0.301. The van der Waals surface area contributed by atoms with Gasteiger partial charge in [0, 0.05) is 17.6 Å². The molecule has 3 rings (SSSR count). The number of hydrogen-bond acceptors (Lipinski definition) is 2. The van der Waals surface area contributed by atoms with E-state index in [4.69, 9.17) is 0 Å². The Kier molecular flexibility index (Phi) is 4.40. The van der Waals surface area contributed by atoms with E-state index in [2.05, 4.69) is 17.5 Å². The third-order valence-corrected chi connectivity index (χ3v) is 4.14. The molecule has 0 fully saturated rings. The van der Waals surface area contributed by atoms with Gasteiger partial charge in [-0.25, -0.2) is 0 Å². The van der Waals surface area contributed by atoms with Crippen molar-refractivity contribution in [3.63, 3.8) is 0 Å². The Hall–Kier alpha value is -3.32. The van der Waals surface area contributed by atoms with Gasteiger partial charge < -0.3 is 9.88 Å². The highest BCUT2D eigenvalue weighted by Gasteiger charge is 2.19. The van der Waals surface area contributed by atoms with Gasteiger partial charge in [0.15, 0.2) is 0 Å². The van der Waals surface area contributed by atoms with Crippen LogP contribution in [0, 0.1) is 32.1 Å². The zero-order valence-corrected chi connectivity index (χ0v) is 14.5. The summed E-state index contributed by atoms with van der Waals surface area (Å²) in [5, 5.41) is 12.3. The predicted molar refractivity (Wildman–Crippen MR) is 99.1 cm³/mol. The first-order chi connectivity index (χ1) is 12.0. The lowest BCUT2D eigenvalue weighted by atomic mass is 10.1. The number of nitrogens with zero attached hydrogens (tertiary/aromatic N) is 2. The SMILES string of the molecule is Cc1ccc(NC(=O)c2c(C#N)ccn2-c2ccc(C)cc2C)cc1. The lowest BCUT2D eigenvalue weighted by molar-refractivity contribution is 0.102. The molecule has 1 heterocycles. The van der Waals surface area contributed by atoms with Crippen LogP contribution in [0.3, 0.4) is 0 Å². The van der Waals surface area contributed by atoms with Crippen molar-refractivity contribution in [1.82, 2.24) is 4.57 Å². The zero-order chi connectivity index (χ0) is 18.0. The fourth-order valence-electron chi connectivity index (χ4n) is 2.86. The van der Waals surface area contributed by atoms with Crippen molar-refractivity contribution in [3.05, 3.63) is 82.7 Å². The number of anilines is 1. The Morgan fingerprint density at radius 3 is 2.32 bits per heavy atom. The summed E-state index contributed by atoms with van der Waals surface area (Å²) < 4.78 is 1.77. The van der Waals surface area contributed by atoms with E-state index < -0.39 is 0 Å². The van der Waals surface area contributed by atoms with Crippen LogP contribution in [0.15, 0.2) is 54.7 Å². The quantitative estimate of drug-likeness (QED) is 0.767. The van der Waals surface area contributed by atoms with E-state index in [0.29, 0.717) is 16.9 Å². The van der Waals surface area contributed by atoms with Gasteiger partial charge in [-0.2, -0.15) is 5.26 Å². The van der Waals surface area contributed by atoms with E-state index in [0.717, 1.165) is 22.4 Å². The number of rotatable bonds is 3. The number of hydrogen-bond donors (Lipinski definition) is 1. The van der Waals surface area contributed by atoms with E-state index >= 15 is 0 Å². The summed E-state index contributed by atoms with van der Waals surface area (Å²) in [5.74, 6) is -0.301. The average Bonchev–Trinajstić information content (AvgIpc) is 3.01. The van der Waals surface area contributed by atoms with E-state index in [-0.39, 0.29) is 5.91 Å². The Labute approximate surface area is 147 Å². The second kappa shape index (κ2) is 6.66. The number of aryl methyl sites for hydroxylation is 3. The van der Waals surface area contributed by atoms with E-state index in [1.807, 2.05) is 57.2 Å². The fourth-order valence-corrected chi connectivity index (χ4v) is 2.86. The summed E-state index contributed by atoms with van der Waals surface area (Å²) in [6.07, 6.45) is 1.76. The molecule has 0 aliphatic heterocycles. The monoisotopic (exact) mass is 329 g/mol. The molecule has 0 aliphatic rings. The first kappa shape index (κ1) is 16.5. The van der Waals surface area contributed by atoms with Crippen LogP contribution in [-0.2, 0) is 0 Å². The molecule has 0 spiro atoms. The number of benzene rings is 2. The Morgan fingerprint density at radius 1 is 1.00 bits per heavy atom. The second-order valence-electron chi connectivity index (χ2n) is 6.17. The fraction of sp³-hybridized carbons (Fsp3) is 0.143. The molecule has 4 nitrogen and oxygen atoms in total. The van der Waals surface area contributed by atoms with Gasteiger partial charge in [0.25, 0.3) is 5.91 Å². The van der Waals surface area contributed by atoms with Crippen LogP contribution in [0.1, 0.15) is 32.7 Å². The molecule has 1 N–H and O–H groups in total. The van der Waals surface area contributed by atoms with Crippen LogP contribution in [0.25, 0.3) is 5.69 Å². The number of nitriles is 1. The molecule has 1 amide bonds. The van der Waals surface area contributed by atoms with Gasteiger partial charge in [0.2, 0.25) is 0 Å². The van der Waals surface area contributed by atoms with Gasteiger partial charge in [-0.3, -0.25) is 4.79 Å². The van der Waals surface area contributed by atoms with Crippen molar-refractivity contribution in [2.75, 3.05) is 5.32 Å². The third-order valence-electron chi connectivity index (χ3n) is 4.14. The maximum atomic E-state index is 12.8. The molecule has 124 valence electrons. The van der Waals surface area contributed by atoms with Gasteiger partial charge in [0.1, 0.15) is 11.8 Å². The molecular formula is C21H19N3O. The summed E-state index contributed by atoms with van der Waals surface area (Å²) in [7, 11) is 0. The summed E-state index contributed by atoms with van der Waals surface area (Å²) in [4.78, 5) is 12.8. The predicted octanol–water partition coefficient (Wildman–Crippen LogP) is 4.53. The van der Waals surface area contributed by atoms with Crippen molar-refractivity contribution in [3.8, 4) is 11.8 Å². The Balaban J connectivity index is 2.03. The van der Waals surface area contributed by atoms with Crippen LogP contribution in [0.4, 0.5) is 5.69 Å². The van der Waals surface area contributed by atoms with Crippen LogP contribution in [0.2, 0.25) is 0 Å². The Bertz CT molecular complexity index is 975. The second-order valence-corrected chi connectivity index (χ2v) is 6.17. The molecule has 25 heavy (non-hydrogen) atoms. The van der Waals surface area contributed by atoms with Crippen molar-refractivity contribution >= 4 is 11.6 Å². The highest BCUT2D eigenvalue weighted by atomic mass is 16.2. The lowest BCUT2D eigenvalue weighted by Crippen LogP contribution is -2.18. The van der Waals surface area contributed by atoms with Crippen molar-refractivity contribution in [2.24, 2.45) is 0 Å². The molecule has 3 aromatic rings. The molecule has 0 aliphatic carbocycles. The minimum Gasteiger partial charge on any atom is -0.321 e. The number of amides is 1. The number of carbonyl (C=O) groups is 1. The molecule has 2 aromatic carbocycles. The van der Waals surface area contributed by atoms with E-state index in [1.165, 1.54) is 0 Å². The highest BCUT2D eigenvalue weighted by molar-refractivity contribution is 6.05. The molecule has 4 heteroatoms. The molecular weight excluding hydrogens is 310 g/mol. The number of nitrogens with one attached hydrogen (secondary N) is 1. The van der Waals surface area contributed by atoms with Crippen LogP contribution >= 0.6 is 0 Å². The topological polar surface area (TPSA) is 57.8 Å². The summed E-state index contributed by atoms with van der Waals surface area (Å²) in [6.45, 7) is 6.01. The van der Waals surface area contributed by atoms with Crippen molar-refractivity contribution in [2.45, 2.75) is 20.8 Å². The first-order valence-corrected chi connectivity index (χ1v) is 8.06. The van der Waals surface area contributed by atoms with Crippen LogP contribution in [0.5, 0.6) is 0 Å². The van der Waals surface area contributed by atoms with Gasteiger partial charge in [0.05, 0.1) is 5.56 Å². The maximum Gasteiger partial charge on any atom is 0.274 e. The van der Waals surface area contributed by atoms with Crippen molar-refractivity contribution < 1.29 is 4.79 Å². The Morgan fingerprint density at radius 2 is 1.68 bits per heavy atom. The molecule has 0 bridgehead atoms. The van der Waals surface area contributed by atoms with Crippen LogP contribution in [-0.4, -0.2) is 10.5 Å². The normalized spacial score (nSPS) is 10.3. The van der Waals surface area contributed by atoms with Gasteiger partial charge >= 0.3 is 0 Å². The van der Waals surface area contributed by atoms with Crippen LogP contribution < -0.4 is 5.32 Å². The third kappa shape index (κ3) is 3.31. The summed E-state index contributed by atoms with van der Waals surface area (Å²) >= 11 is 0. The maximum absolute atomic E-state index is 12.8. The van der Waals surface area contributed by atoms with E-state index in [9.17, 15) is 10.1 Å². The minimum absolute atomic E-state index is 0.301. The smallest absolute Gasteiger partial charge is 0.274 e. The molecule has 0 saturated heterocycles. The number of carbonyl (C=O) groups excluding carboxylic acids is 1. The lowest BCUT2D eigenvalue weighted by Gasteiger charge is -2.13. The average molecular weight is 329 g/mol. The largest absolute Gasteiger partial charge is 0.321 e. The zero-order valence-electron chi connectivity index (χ0n) is 14.5. The standard InChI is InChI=1S/C21H19N3O/c1-14-4-7-18(8-5-14)23-21(25)20-17(13-22)10-11-24(20)19-9-6-15(2)12-16(19)3/h4-12H,1-3H3,(H,23,25). The molecule has 0 atom stereocenters. The summed E-state index contributed by atoms with van der Waals surface area (Å²) in [6, 6.07) is 17.4. The van der Waals surface area contributed by atoms with Crippen molar-refractivity contribution in [1.29, 1.82) is 5.26 Å². The molecule has 1 aromatic heterocycles. The summed E-state index contributed by atoms with van der Waals surface area (Å²) in [5.41, 5.74) is 5.60. The van der Waals surface area contributed by atoms with Gasteiger partial charge in [-0.05, 0) is 50.6 Å². The van der Waals surface area contributed by atoms with E-state index in [1.54, 1.807) is 16.8 Å². The molecule has 0 saturated carbocycles. The molecule has 0 radical (unpaired) electrons. The van der Waals surface area contributed by atoms with Gasteiger partial charge in [-0.15, -0.1) is 0 Å².